The fraction of sp³-hybridized carbons (Fsp3) is 0.263. The molecule has 150 valence electrons. The molecule has 2 aromatic carbocycles. The van der Waals surface area contributed by atoms with Gasteiger partial charge in [0.15, 0.2) is 0 Å². The summed E-state index contributed by atoms with van der Waals surface area (Å²) in [5.41, 5.74) is -0.839. The Morgan fingerprint density at radius 3 is 2.43 bits per heavy atom. The molecule has 0 bridgehead atoms. The second-order valence-corrected chi connectivity index (χ2v) is 5.96. The first-order valence-electron chi connectivity index (χ1n) is 8.07. The SMILES string of the molecule is COC(=O)[C@@H](Cc1cccc(C(F)(F)F)c1)NC(=O)Cc1ccc(F)cc1F. The molecule has 9 heteroatoms. The number of amides is 1. The van der Waals surface area contributed by atoms with Gasteiger partial charge in [-0.3, -0.25) is 4.79 Å². The molecule has 1 atom stereocenters. The van der Waals surface area contributed by atoms with E-state index >= 15 is 0 Å². The van der Waals surface area contributed by atoms with E-state index in [0.29, 0.717) is 6.07 Å². The van der Waals surface area contributed by atoms with Crippen molar-refractivity contribution in [2.75, 3.05) is 7.11 Å². The Labute approximate surface area is 157 Å². The number of alkyl halides is 3. The predicted molar refractivity (Wildman–Crippen MR) is 89.2 cm³/mol. The van der Waals surface area contributed by atoms with Gasteiger partial charge in [-0.05, 0) is 23.3 Å². The lowest BCUT2D eigenvalue weighted by Gasteiger charge is -2.17. The summed E-state index contributed by atoms with van der Waals surface area (Å²) in [7, 11) is 1.06. The summed E-state index contributed by atoms with van der Waals surface area (Å²) in [4.78, 5) is 24.1. The molecule has 0 heterocycles. The smallest absolute Gasteiger partial charge is 0.416 e. The Hall–Kier alpha value is -2.97. The van der Waals surface area contributed by atoms with Gasteiger partial charge in [-0.2, -0.15) is 13.2 Å². The first kappa shape index (κ1) is 21.3. The number of halogens is 5. The zero-order valence-corrected chi connectivity index (χ0v) is 14.6. The van der Waals surface area contributed by atoms with Crippen molar-refractivity contribution < 1.29 is 36.3 Å². The van der Waals surface area contributed by atoms with Crippen LogP contribution in [0.2, 0.25) is 0 Å². The molecule has 0 saturated heterocycles. The number of carbonyl (C=O) groups excluding carboxylic acids is 2. The van der Waals surface area contributed by atoms with Crippen LogP contribution < -0.4 is 5.32 Å². The minimum absolute atomic E-state index is 0.0958. The Kier molecular flexibility index (Phi) is 6.71. The van der Waals surface area contributed by atoms with E-state index in [9.17, 15) is 31.5 Å². The number of methoxy groups -OCH3 is 1. The third-order valence-corrected chi connectivity index (χ3v) is 3.88. The van der Waals surface area contributed by atoms with Gasteiger partial charge >= 0.3 is 12.1 Å². The van der Waals surface area contributed by atoms with Crippen LogP contribution in [0.25, 0.3) is 0 Å². The van der Waals surface area contributed by atoms with Gasteiger partial charge in [0.1, 0.15) is 17.7 Å². The van der Waals surface area contributed by atoms with Crippen LogP contribution in [-0.4, -0.2) is 25.0 Å². The summed E-state index contributed by atoms with van der Waals surface area (Å²) >= 11 is 0. The van der Waals surface area contributed by atoms with E-state index in [-0.39, 0.29) is 17.5 Å². The molecular formula is C19H16F5NO3. The van der Waals surface area contributed by atoms with Gasteiger partial charge in [0, 0.05) is 12.5 Å². The minimum Gasteiger partial charge on any atom is -0.467 e. The molecule has 0 aliphatic carbocycles. The standard InChI is InChI=1S/C19H16F5NO3/c1-28-18(27)16(8-11-3-2-4-13(7-11)19(22,23)24)25-17(26)9-12-5-6-14(20)10-15(12)21/h2-7,10,16H,8-9H2,1H3,(H,25,26)/t16-/m1/s1. The van der Waals surface area contributed by atoms with Crippen molar-refractivity contribution in [3.05, 3.63) is 70.8 Å². The zero-order valence-electron chi connectivity index (χ0n) is 14.6. The molecule has 1 N–H and O–H groups in total. The van der Waals surface area contributed by atoms with Gasteiger partial charge in [0.05, 0.1) is 19.1 Å². The third-order valence-electron chi connectivity index (χ3n) is 3.88. The van der Waals surface area contributed by atoms with E-state index in [2.05, 4.69) is 10.1 Å². The summed E-state index contributed by atoms with van der Waals surface area (Å²) in [6.45, 7) is 0. The molecule has 2 aromatic rings. The molecule has 0 fully saturated rings. The lowest BCUT2D eigenvalue weighted by atomic mass is 10.0. The van der Waals surface area contributed by atoms with E-state index < -0.39 is 47.7 Å². The quantitative estimate of drug-likeness (QED) is 0.596. The zero-order chi connectivity index (χ0) is 20.9. The van der Waals surface area contributed by atoms with E-state index in [1.807, 2.05) is 0 Å². The summed E-state index contributed by atoms with van der Waals surface area (Å²) in [5.74, 6) is -3.38. The maximum Gasteiger partial charge on any atom is 0.416 e. The van der Waals surface area contributed by atoms with Crippen LogP contribution in [0.3, 0.4) is 0 Å². The lowest BCUT2D eigenvalue weighted by molar-refractivity contribution is -0.145. The topological polar surface area (TPSA) is 55.4 Å². The number of ether oxygens (including phenoxy) is 1. The lowest BCUT2D eigenvalue weighted by Crippen LogP contribution is -2.43. The van der Waals surface area contributed by atoms with Gasteiger partial charge in [-0.1, -0.05) is 24.3 Å². The van der Waals surface area contributed by atoms with Crippen LogP contribution in [0.15, 0.2) is 42.5 Å². The average molecular weight is 401 g/mol. The number of nitrogens with one attached hydrogen (secondary N) is 1. The number of benzene rings is 2. The number of hydrogen-bond acceptors (Lipinski definition) is 3. The molecule has 0 unspecified atom stereocenters. The van der Waals surface area contributed by atoms with Gasteiger partial charge in [0.2, 0.25) is 5.91 Å². The van der Waals surface area contributed by atoms with Crippen molar-refractivity contribution >= 4 is 11.9 Å². The highest BCUT2D eigenvalue weighted by molar-refractivity contribution is 5.85. The number of rotatable bonds is 6. The van der Waals surface area contributed by atoms with Gasteiger partial charge in [-0.15, -0.1) is 0 Å². The molecule has 0 aromatic heterocycles. The van der Waals surface area contributed by atoms with Crippen molar-refractivity contribution in [3.63, 3.8) is 0 Å². The summed E-state index contributed by atoms with van der Waals surface area (Å²) in [5, 5.41) is 2.31. The van der Waals surface area contributed by atoms with Crippen molar-refractivity contribution in [1.29, 1.82) is 0 Å². The molecule has 0 radical (unpaired) electrons. The second-order valence-electron chi connectivity index (χ2n) is 5.96. The maximum absolute atomic E-state index is 13.7. The van der Waals surface area contributed by atoms with Gasteiger partial charge < -0.3 is 10.1 Å². The van der Waals surface area contributed by atoms with Crippen molar-refractivity contribution in [2.24, 2.45) is 0 Å². The monoisotopic (exact) mass is 401 g/mol. The fourth-order valence-electron chi connectivity index (χ4n) is 2.53. The first-order valence-corrected chi connectivity index (χ1v) is 8.07. The number of carbonyl (C=O) groups is 2. The van der Waals surface area contributed by atoms with Gasteiger partial charge in [0.25, 0.3) is 0 Å². The van der Waals surface area contributed by atoms with Crippen LogP contribution in [-0.2, 0) is 33.3 Å². The van der Waals surface area contributed by atoms with Crippen LogP contribution in [0, 0.1) is 11.6 Å². The van der Waals surface area contributed by atoms with E-state index in [0.717, 1.165) is 31.4 Å². The predicted octanol–water partition coefficient (Wildman–Crippen LogP) is 3.43. The maximum atomic E-state index is 13.7. The summed E-state index contributed by atoms with van der Waals surface area (Å²) in [6.07, 6.45) is -5.30. The van der Waals surface area contributed by atoms with Crippen LogP contribution in [0.5, 0.6) is 0 Å². The highest BCUT2D eigenvalue weighted by Gasteiger charge is 2.31. The highest BCUT2D eigenvalue weighted by atomic mass is 19.4. The Morgan fingerprint density at radius 2 is 1.82 bits per heavy atom. The highest BCUT2D eigenvalue weighted by Crippen LogP contribution is 2.29. The Bertz CT molecular complexity index is 867. The van der Waals surface area contributed by atoms with Crippen molar-refractivity contribution in [2.45, 2.75) is 25.1 Å². The van der Waals surface area contributed by atoms with E-state index in [1.54, 1.807) is 0 Å². The molecule has 2 rings (SSSR count). The molecule has 0 aliphatic rings. The van der Waals surface area contributed by atoms with Crippen molar-refractivity contribution in [3.8, 4) is 0 Å². The third kappa shape index (κ3) is 5.77. The van der Waals surface area contributed by atoms with E-state index in [1.165, 1.54) is 12.1 Å². The van der Waals surface area contributed by atoms with Crippen molar-refractivity contribution in [1.82, 2.24) is 5.32 Å². The molecule has 0 aliphatic heterocycles. The van der Waals surface area contributed by atoms with E-state index in [4.69, 9.17) is 0 Å². The number of hydrogen-bond donors (Lipinski definition) is 1. The Morgan fingerprint density at radius 1 is 1.11 bits per heavy atom. The normalized spacial score (nSPS) is 12.4. The minimum atomic E-state index is -4.56. The summed E-state index contributed by atoms with van der Waals surface area (Å²) < 4.78 is 69.6. The van der Waals surface area contributed by atoms with Crippen LogP contribution in [0.1, 0.15) is 16.7 Å². The first-order chi connectivity index (χ1) is 13.1. The summed E-state index contributed by atoms with van der Waals surface area (Å²) in [6, 6.07) is 5.71. The molecule has 0 saturated carbocycles. The second kappa shape index (κ2) is 8.81. The molecule has 0 spiro atoms. The average Bonchev–Trinajstić information content (AvgIpc) is 2.62. The Balaban J connectivity index is 2.13. The van der Waals surface area contributed by atoms with Gasteiger partial charge in [-0.25, -0.2) is 13.6 Å². The molecule has 4 nitrogen and oxygen atoms in total. The van der Waals surface area contributed by atoms with Crippen LogP contribution in [0.4, 0.5) is 22.0 Å². The van der Waals surface area contributed by atoms with Crippen LogP contribution >= 0.6 is 0 Å². The molecule has 1 amide bonds. The largest absolute Gasteiger partial charge is 0.467 e. The molecule has 28 heavy (non-hydrogen) atoms. The molecular weight excluding hydrogens is 385 g/mol. The fourth-order valence-corrected chi connectivity index (χ4v) is 2.53. The number of esters is 1.